The molecule has 0 spiro atoms. The molecule has 0 saturated heterocycles. The van der Waals surface area contributed by atoms with Crippen LogP contribution in [0.15, 0.2) is 18.2 Å². The molecule has 0 bridgehead atoms. The summed E-state index contributed by atoms with van der Waals surface area (Å²) in [5.74, 6) is 0.0661. The summed E-state index contributed by atoms with van der Waals surface area (Å²) in [6.07, 6.45) is 0.319. The van der Waals surface area contributed by atoms with E-state index in [0.717, 1.165) is 0 Å². The van der Waals surface area contributed by atoms with Gasteiger partial charge in [0.1, 0.15) is 12.4 Å². The van der Waals surface area contributed by atoms with Gasteiger partial charge >= 0.3 is 0 Å². The zero-order valence-electron chi connectivity index (χ0n) is 7.00. The first-order chi connectivity index (χ1) is 6.13. The molecule has 72 valence electrons. The van der Waals surface area contributed by atoms with Crippen molar-refractivity contribution in [2.24, 2.45) is 5.73 Å². The Hall–Kier alpha value is -0.800. The Labute approximate surface area is 81.1 Å². The first kappa shape index (κ1) is 10.3. The normalized spacial score (nSPS) is 12.8. The Balaban J connectivity index is 2.77. The highest BCUT2D eigenvalue weighted by atomic mass is 35.5. The Kier molecular flexibility index (Phi) is 3.51. The number of benzene rings is 1. The Morgan fingerprint density at radius 2 is 2.23 bits per heavy atom. The summed E-state index contributed by atoms with van der Waals surface area (Å²) in [7, 11) is 0. The molecule has 0 radical (unpaired) electrons. The Morgan fingerprint density at radius 1 is 1.54 bits per heavy atom. The molecule has 0 aliphatic heterocycles. The summed E-state index contributed by atoms with van der Waals surface area (Å²) in [6.45, 7) is -0.595. The standard InChI is InChI=1S/C9H11ClFNO/c10-7-2-1-6(9(13)4-7)3-8(12)5-11/h1-2,4,8,13H,3,5,12H2. The van der Waals surface area contributed by atoms with E-state index in [9.17, 15) is 9.50 Å². The van der Waals surface area contributed by atoms with Gasteiger partial charge in [-0.25, -0.2) is 4.39 Å². The summed E-state index contributed by atoms with van der Waals surface area (Å²) < 4.78 is 12.1. The largest absolute Gasteiger partial charge is 0.508 e. The van der Waals surface area contributed by atoms with E-state index in [2.05, 4.69) is 0 Å². The molecule has 0 heterocycles. The smallest absolute Gasteiger partial charge is 0.120 e. The van der Waals surface area contributed by atoms with E-state index in [-0.39, 0.29) is 5.75 Å². The van der Waals surface area contributed by atoms with Crippen LogP contribution in [0.4, 0.5) is 4.39 Å². The minimum absolute atomic E-state index is 0.0661. The molecule has 0 saturated carbocycles. The van der Waals surface area contributed by atoms with Crippen molar-refractivity contribution in [2.75, 3.05) is 6.67 Å². The number of halogens is 2. The van der Waals surface area contributed by atoms with Gasteiger partial charge in [0.2, 0.25) is 0 Å². The van der Waals surface area contributed by atoms with E-state index in [1.165, 1.54) is 6.07 Å². The summed E-state index contributed by atoms with van der Waals surface area (Å²) in [4.78, 5) is 0. The molecule has 13 heavy (non-hydrogen) atoms. The van der Waals surface area contributed by atoms with Gasteiger partial charge < -0.3 is 10.8 Å². The van der Waals surface area contributed by atoms with Gasteiger partial charge in [-0.1, -0.05) is 17.7 Å². The number of hydrogen-bond acceptors (Lipinski definition) is 2. The fourth-order valence-corrected chi connectivity index (χ4v) is 1.21. The molecule has 3 N–H and O–H groups in total. The monoisotopic (exact) mass is 203 g/mol. The minimum atomic E-state index is -0.595. The van der Waals surface area contributed by atoms with E-state index in [4.69, 9.17) is 17.3 Å². The van der Waals surface area contributed by atoms with Crippen LogP contribution in [0.1, 0.15) is 5.56 Å². The summed E-state index contributed by atoms with van der Waals surface area (Å²) in [6, 6.07) is 4.14. The zero-order chi connectivity index (χ0) is 9.84. The lowest BCUT2D eigenvalue weighted by atomic mass is 10.1. The van der Waals surface area contributed by atoms with Crippen LogP contribution in [0.3, 0.4) is 0 Å². The number of aromatic hydroxyl groups is 1. The van der Waals surface area contributed by atoms with Crippen LogP contribution in [0.2, 0.25) is 5.02 Å². The lowest BCUT2D eigenvalue weighted by Crippen LogP contribution is -2.24. The number of phenolic OH excluding ortho intramolecular Hbond substituents is 1. The van der Waals surface area contributed by atoms with Gasteiger partial charge in [0.15, 0.2) is 0 Å². The van der Waals surface area contributed by atoms with Crippen molar-refractivity contribution in [3.63, 3.8) is 0 Å². The fourth-order valence-electron chi connectivity index (χ4n) is 1.05. The molecule has 0 aliphatic carbocycles. The molecular formula is C9H11ClFNO. The minimum Gasteiger partial charge on any atom is -0.508 e. The average molecular weight is 204 g/mol. The highest BCUT2D eigenvalue weighted by Gasteiger charge is 2.07. The molecule has 0 aliphatic rings. The molecule has 1 aromatic carbocycles. The van der Waals surface area contributed by atoms with Gasteiger partial charge in [0, 0.05) is 11.1 Å². The van der Waals surface area contributed by atoms with Gasteiger partial charge in [-0.05, 0) is 24.1 Å². The predicted octanol–water partition coefficient (Wildman–Crippen LogP) is 1.88. The van der Waals surface area contributed by atoms with Crippen molar-refractivity contribution in [2.45, 2.75) is 12.5 Å². The average Bonchev–Trinajstić information content (AvgIpc) is 2.09. The van der Waals surface area contributed by atoms with E-state index in [1.54, 1.807) is 12.1 Å². The Morgan fingerprint density at radius 3 is 2.77 bits per heavy atom. The van der Waals surface area contributed by atoms with Crippen LogP contribution in [-0.4, -0.2) is 17.8 Å². The van der Waals surface area contributed by atoms with Crippen molar-refractivity contribution < 1.29 is 9.50 Å². The van der Waals surface area contributed by atoms with Crippen LogP contribution < -0.4 is 5.73 Å². The maximum absolute atomic E-state index is 12.1. The zero-order valence-corrected chi connectivity index (χ0v) is 7.76. The second-order valence-electron chi connectivity index (χ2n) is 2.89. The fraction of sp³-hybridized carbons (Fsp3) is 0.333. The van der Waals surface area contributed by atoms with E-state index >= 15 is 0 Å². The first-order valence-electron chi connectivity index (χ1n) is 3.92. The molecule has 1 atom stereocenters. The molecular weight excluding hydrogens is 193 g/mol. The maximum Gasteiger partial charge on any atom is 0.120 e. The summed E-state index contributed by atoms with van der Waals surface area (Å²) in [5, 5.41) is 9.83. The van der Waals surface area contributed by atoms with Crippen molar-refractivity contribution in [1.82, 2.24) is 0 Å². The highest BCUT2D eigenvalue weighted by Crippen LogP contribution is 2.22. The Bertz CT molecular complexity index is 293. The van der Waals surface area contributed by atoms with Gasteiger partial charge in [-0.3, -0.25) is 0 Å². The van der Waals surface area contributed by atoms with Gasteiger partial charge in [-0.15, -0.1) is 0 Å². The number of rotatable bonds is 3. The third-order valence-electron chi connectivity index (χ3n) is 1.73. The molecule has 1 aromatic rings. The second-order valence-corrected chi connectivity index (χ2v) is 3.33. The third kappa shape index (κ3) is 2.86. The first-order valence-corrected chi connectivity index (χ1v) is 4.30. The van der Waals surface area contributed by atoms with Crippen molar-refractivity contribution >= 4 is 11.6 Å². The highest BCUT2D eigenvalue weighted by molar-refractivity contribution is 6.30. The van der Waals surface area contributed by atoms with Crippen molar-refractivity contribution in [3.8, 4) is 5.75 Å². The molecule has 0 fully saturated rings. The van der Waals surface area contributed by atoms with E-state index in [1.807, 2.05) is 0 Å². The third-order valence-corrected chi connectivity index (χ3v) is 1.96. The van der Waals surface area contributed by atoms with Gasteiger partial charge in [0.05, 0.1) is 0 Å². The van der Waals surface area contributed by atoms with Crippen LogP contribution in [0.5, 0.6) is 5.75 Å². The number of nitrogens with two attached hydrogens (primary N) is 1. The number of alkyl halides is 1. The lowest BCUT2D eigenvalue weighted by molar-refractivity contribution is 0.418. The number of phenols is 1. The topological polar surface area (TPSA) is 46.2 Å². The summed E-state index contributed by atoms with van der Waals surface area (Å²) in [5.41, 5.74) is 6.01. The predicted molar refractivity (Wildman–Crippen MR) is 50.8 cm³/mol. The quantitative estimate of drug-likeness (QED) is 0.788. The molecule has 4 heteroatoms. The van der Waals surface area contributed by atoms with Crippen LogP contribution in [-0.2, 0) is 6.42 Å². The van der Waals surface area contributed by atoms with Crippen LogP contribution in [0.25, 0.3) is 0 Å². The molecule has 2 nitrogen and oxygen atoms in total. The van der Waals surface area contributed by atoms with Gasteiger partial charge in [0.25, 0.3) is 0 Å². The number of hydrogen-bond donors (Lipinski definition) is 2. The SMILES string of the molecule is NC(CF)Cc1ccc(Cl)cc1O. The van der Waals surface area contributed by atoms with Crippen molar-refractivity contribution in [1.29, 1.82) is 0 Å². The molecule has 1 rings (SSSR count). The van der Waals surface area contributed by atoms with Crippen LogP contribution >= 0.6 is 11.6 Å². The van der Waals surface area contributed by atoms with Crippen molar-refractivity contribution in [3.05, 3.63) is 28.8 Å². The second kappa shape index (κ2) is 4.44. The van der Waals surface area contributed by atoms with Gasteiger partial charge in [-0.2, -0.15) is 0 Å². The maximum atomic E-state index is 12.1. The van der Waals surface area contributed by atoms with Crippen LogP contribution in [0, 0.1) is 0 Å². The van der Waals surface area contributed by atoms with E-state index < -0.39 is 12.7 Å². The lowest BCUT2D eigenvalue weighted by Gasteiger charge is -2.08. The summed E-state index contributed by atoms with van der Waals surface area (Å²) >= 11 is 5.62. The molecule has 0 aromatic heterocycles. The molecule has 0 amide bonds. The van der Waals surface area contributed by atoms with E-state index in [0.29, 0.717) is 17.0 Å². The molecule has 1 unspecified atom stereocenters.